The lowest BCUT2D eigenvalue weighted by Crippen LogP contribution is -2.03. The molecule has 0 atom stereocenters. The Morgan fingerprint density at radius 2 is 0.929 bits per heavy atom. The maximum absolute atomic E-state index is 5.26. The van der Waals surface area contributed by atoms with Crippen LogP contribution in [0.2, 0.25) is 0 Å². The molecular formula is C49H31N7. The quantitative estimate of drug-likeness (QED) is 0.171. The molecule has 11 aromatic rings. The van der Waals surface area contributed by atoms with Crippen molar-refractivity contribution in [3.63, 3.8) is 0 Å². The Morgan fingerprint density at radius 3 is 1.68 bits per heavy atom. The number of rotatable bonds is 6. The molecule has 7 aromatic carbocycles. The Hall–Kier alpha value is -7.77. The van der Waals surface area contributed by atoms with Gasteiger partial charge in [0.15, 0.2) is 23.3 Å². The standard InChI is InChI=1S/C49H31N7/c1-4-15-32(16-5-1)46-52-47(33-17-6-2-7-18-33)54-49(53-46)45-39-24-10-12-25-41(39)50-48(51-45)35-19-14-22-37(29-35)56-42-26-13-11-23-38(42)40-30-34-27-28-55(43(34)31-44(40)56)36-20-8-3-9-21-36/h1-31H. The predicted molar refractivity (Wildman–Crippen MR) is 226 cm³/mol. The summed E-state index contributed by atoms with van der Waals surface area (Å²) in [5, 5.41) is 4.46. The van der Waals surface area contributed by atoms with Gasteiger partial charge in [-0.15, -0.1) is 0 Å². The molecule has 7 nitrogen and oxygen atoms in total. The molecule has 0 bridgehead atoms. The minimum Gasteiger partial charge on any atom is -0.316 e. The lowest BCUT2D eigenvalue weighted by molar-refractivity contribution is 1.06. The molecule has 7 heteroatoms. The van der Waals surface area contributed by atoms with Crippen LogP contribution in [-0.4, -0.2) is 34.1 Å². The molecule has 0 aliphatic heterocycles. The van der Waals surface area contributed by atoms with Crippen molar-refractivity contribution in [1.82, 2.24) is 34.1 Å². The molecule has 0 aliphatic rings. The summed E-state index contributed by atoms with van der Waals surface area (Å²) >= 11 is 0. The summed E-state index contributed by atoms with van der Waals surface area (Å²) in [7, 11) is 0. The Morgan fingerprint density at radius 1 is 0.339 bits per heavy atom. The minimum absolute atomic E-state index is 0.488. The molecular weight excluding hydrogens is 687 g/mol. The first kappa shape index (κ1) is 31.7. The molecule has 4 aromatic heterocycles. The van der Waals surface area contributed by atoms with Crippen molar-refractivity contribution in [2.75, 3.05) is 0 Å². The third-order valence-corrected chi connectivity index (χ3v) is 10.4. The van der Waals surface area contributed by atoms with Crippen molar-refractivity contribution in [3.05, 3.63) is 188 Å². The van der Waals surface area contributed by atoms with Crippen molar-refractivity contribution in [3.8, 4) is 57.1 Å². The van der Waals surface area contributed by atoms with Crippen molar-refractivity contribution >= 4 is 43.6 Å². The van der Waals surface area contributed by atoms with Gasteiger partial charge in [-0.2, -0.15) is 0 Å². The summed E-state index contributed by atoms with van der Waals surface area (Å²) in [4.78, 5) is 25.4. The fraction of sp³-hybridized carbons (Fsp3) is 0. The lowest BCUT2D eigenvalue weighted by atomic mass is 10.1. The molecule has 0 N–H and O–H groups in total. The molecule has 0 saturated carbocycles. The second-order valence-corrected chi connectivity index (χ2v) is 13.8. The van der Waals surface area contributed by atoms with Gasteiger partial charge >= 0.3 is 0 Å². The second-order valence-electron chi connectivity index (χ2n) is 13.8. The maximum atomic E-state index is 5.26. The molecule has 11 rings (SSSR count). The summed E-state index contributed by atoms with van der Waals surface area (Å²) in [6.07, 6.45) is 2.15. The van der Waals surface area contributed by atoms with Crippen LogP contribution in [0.25, 0.3) is 101 Å². The van der Waals surface area contributed by atoms with E-state index in [0.717, 1.165) is 55.5 Å². The van der Waals surface area contributed by atoms with E-state index < -0.39 is 0 Å². The number of benzene rings is 7. The van der Waals surface area contributed by atoms with E-state index in [1.807, 2.05) is 84.9 Å². The second kappa shape index (κ2) is 13.0. The van der Waals surface area contributed by atoms with Crippen LogP contribution in [0, 0.1) is 0 Å². The number of aromatic nitrogens is 7. The van der Waals surface area contributed by atoms with Gasteiger partial charge in [-0.05, 0) is 54.6 Å². The van der Waals surface area contributed by atoms with E-state index in [1.54, 1.807) is 0 Å². The van der Waals surface area contributed by atoms with E-state index in [4.69, 9.17) is 24.9 Å². The van der Waals surface area contributed by atoms with Gasteiger partial charge in [-0.1, -0.05) is 127 Å². The molecule has 0 fully saturated rings. The molecule has 0 aliphatic carbocycles. The Bertz CT molecular complexity index is 3180. The van der Waals surface area contributed by atoms with Crippen LogP contribution < -0.4 is 0 Å². The first-order valence-corrected chi connectivity index (χ1v) is 18.6. The molecule has 262 valence electrons. The number of hydrogen-bond acceptors (Lipinski definition) is 5. The van der Waals surface area contributed by atoms with Crippen molar-refractivity contribution < 1.29 is 0 Å². The highest BCUT2D eigenvalue weighted by atomic mass is 15.1. The maximum Gasteiger partial charge on any atom is 0.183 e. The van der Waals surface area contributed by atoms with E-state index >= 15 is 0 Å². The van der Waals surface area contributed by atoms with Crippen LogP contribution >= 0.6 is 0 Å². The smallest absolute Gasteiger partial charge is 0.183 e. The molecule has 56 heavy (non-hydrogen) atoms. The average Bonchev–Trinajstić information content (AvgIpc) is 3.84. The summed E-state index contributed by atoms with van der Waals surface area (Å²) in [6, 6.07) is 62.5. The zero-order valence-electron chi connectivity index (χ0n) is 30.0. The summed E-state index contributed by atoms with van der Waals surface area (Å²) in [5.74, 6) is 2.24. The minimum atomic E-state index is 0.488. The Balaban J connectivity index is 1.11. The highest BCUT2D eigenvalue weighted by Crippen LogP contribution is 2.37. The number of para-hydroxylation sites is 3. The third-order valence-electron chi connectivity index (χ3n) is 10.4. The van der Waals surface area contributed by atoms with Gasteiger partial charge in [-0.3, -0.25) is 0 Å². The molecule has 0 spiro atoms. The molecule has 0 unspecified atom stereocenters. The normalized spacial score (nSPS) is 11.6. The van der Waals surface area contributed by atoms with Crippen molar-refractivity contribution in [2.45, 2.75) is 0 Å². The predicted octanol–water partition coefficient (Wildman–Crippen LogP) is 11.5. The highest BCUT2D eigenvalue weighted by molar-refractivity contribution is 6.13. The Kier molecular flexibility index (Phi) is 7.35. The monoisotopic (exact) mass is 717 g/mol. The third kappa shape index (κ3) is 5.33. The zero-order chi connectivity index (χ0) is 37.0. The summed E-state index contributed by atoms with van der Waals surface area (Å²) in [6.45, 7) is 0. The van der Waals surface area contributed by atoms with Crippen LogP contribution in [0.5, 0.6) is 0 Å². The van der Waals surface area contributed by atoms with Crippen molar-refractivity contribution in [1.29, 1.82) is 0 Å². The fourth-order valence-electron chi connectivity index (χ4n) is 7.76. The van der Waals surface area contributed by atoms with Gasteiger partial charge in [0.1, 0.15) is 5.69 Å². The van der Waals surface area contributed by atoms with Gasteiger partial charge in [0.2, 0.25) is 0 Å². The number of nitrogens with zero attached hydrogens (tertiary/aromatic N) is 7. The van der Waals surface area contributed by atoms with Gasteiger partial charge in [0.05, 0.1) is 22.1 Å². The average molecular weight is 718 g/mol. The highest BCUT2D eigenvalue weighted by Gasteiger charge is 2.19. The number of fused-ring (bicyclic) bond motifs is 5. The molecule has 0 radical (unpaired) electrons. The summed E-state index contributed by atoms with van der Waals surface area (Å²) < 4.78 is 4.60. The SMILES string of the molecule is c1ccc(-c2nc(-c3ccccc3)nc(-c3nc(-c4cccc(-n5c6ccccc6c6cc7ccn(-c8ccccc8)c7cc65)c4)nc4ccccc34)n2)cc1. The summed E-state index contributed by atoms with van der Waals surface area (Å²) in [5.41, 5.74) is 9.68. The van der Waals surface area contributed by atoms with E-state index in [0.29, 0.717) is 29.0 Å². The van der Waals surface area contributed by atoms with Gasteiger partial charge < -0.3 is 9.13 Å². The molecule has 4 heterocycles. The first-order valence-electron chi connectivity index (χ1n) is 18.6. The van der Waals surface area contributed by atoms with E-state index in [2.05, 4.69) is 112 Å². The number of hydrogen-bond donors (Lipinski definition) is 0. The fourth-order valence-corrected chi connectivity index (χ4v) is 7.76. The molecule has 0 amide bonds. The van der Waals surface area contributed by atoms with Crippen LogP contribution in [0.1, 0.15) is 0 Å². The zero-order valence-corrected chi connectivity index (χ0v) is 30.0. The van der Waals surface area contributed by atoms with Crippen LogP contribution in [-0.2, 0) is 0 Å². The van der Waals surface area contributed by atoms with E-state index in [1.165, 1.54) is 16.2 Å². The van der Waals surface area contributed by atoms with Crippen LogP contribution in [0.4, 0.5) is 0 Å². The Labute approximate surface area is 321 Å². The van der Waals surface area contributed by atoms with Gasteiger partial charge in [0.25, 0.3) is 0 Å². The van der Waals surface area contributed by atoms with Gasteiger partial charge in [0, 0.05) is 55.8 Å². The van der Waals surface area contributed by atoms with Crippen LogP contribution in [0.15, 0.2) is 188 Å². The van der Waals surface area contributed by atoms with Crippen LogP contribution in [0.3, 0.4) is 0 Å². The topological polar surface area (TPSA) is 74.3 Å². The van der Waals surface area contributed by atoms with E-state index in [-0.39, 0.29) is 0 Å². The van der Waals surface area contributed by atoms with Crippen molar-refractivity contribution in [2.24, 2.45) is 0 Å². The van der Waals surface area contributed by atoms with Gasteiger partial charge in [-0.25, -0.2) is 24.9 Å². The van der Waals surface area contributed by atoms with E-state index in [9.17, 15) is 0 Å². The largest absolute Gasteiger partial charge is 0.316 e. The first-order chi connectivity index (χ1) is 27.7. The molecule has 0 saturated heterocycles. The lowest BCUT2D eigenvalue weighted by Gasteiger charge is -2.13.